The molecule has 0 spiro atoms. The van der Waals surface area contributed by atoms with Crippen LogP contribution in [0.4, 0.5) is 0 Å². The Morgan fingerprint density at radius 1 is 1.06 bits per heavy atom. The van der Waals surface area contributed by atoms with Gasteiger partial charge in [-0.15, -0.1) is 0 Å². The van der Waals surface area contributed by atoms with Gasteiger partial charge in [-0.05, 0) is 30.5 Å². The molecule has 0 aliphatic heterocycles. The number of hydrogen-bond acceptors (Lipinski definition) is 2. The van der Waals surface area contributed by atoms with Gasteiger partial charge in [0.2, 0.25) is 0 Å². The summed E-state index contributed by atoms with van der Waals surface area (Å²) in [5, 5.41) is 8.78. The first-order valence-corrected chi connectivity index (χ1v) is 6.19. The van der Waals surface area contributed by atoms with Crippen molar-refractivity contribution >= 4 is 0 Å². The van der Waals surface area contributed by atoms with E-state index in [1.165, 1.54) is 19.3 Å². The van der Waals surface area contributed by atoms with Gasteiger partial charge >= 0.3 is 0 Å². The summed E-state index contributed by atoms with van der Waals surface area (Å²) < 4.78 is 5.62. The molecule has 0 amide bonds. The minimum atomic E-state index is 0.206. The Bertz CT molecular complexity index is 267. The molecule has 90 valence electrons. The van der Waals surface area contributed by atoms with Gasteiger partial charge in [-0.25, -0.2) is 0 Å². The summed E-state index contributed by atoms with van der Waals surface area (Å²) in [6.07, 6.45) is 5.65. The number of hydrogen-bond donors (Lipinski definition) is 1. The van der Waals surface area contributed by atoms with Gasteiger partial charge in [0.05, 0.1) is 6.61 Å². The lowest BCUT2D eigenvalue weighted by atomic mass is 10.1. The molecule has 0 saturated heterocycles. The molecule has 0 heterocycles. The van der Waals surface area contributed by atoms with E-state index in [0.29, 0.717) is 0 Å². The van der Waals surface area contributed by atoms with Gasteiger partial charge in [-0.2, -0.15) is 0 Å². The second kappa shape index (κ2) is 8.17. The smallest absolute Gasteiger partial charge is 0.119 e. The zero-order valence-corrected chi connectivity index (χ0v) is 10.1. The van der Waals surface area contributed by atoms with Crippen molar-refractivity contribution in [3.63, 3.8) is 0 Å². The van der Waals surface area contributed by atoms with Gasteiger partial charge in [0, 0.05) is 6.61 Å². The summed E-state index contributed by atoms with van der Waals surface area (Å²) in [5.74, 6) is 0.929. The number of rotatable bonds is 8. The van der Waals surface area contributed by atoms with Crippen LogP contribution in [0.5, 0.6) is 5.75 Å². The highest BCUT2D eigenvalue weighted by Gasteiger charge is 1.95. The van der Waals surface area contributed by atoms with Crippen LogP contribution in [0.25, 0.3) is 0 Å². The summed E-state index contributed by atoms with van der Waals surface area (Å²) in [4.78, 5) is 0. The molecule has 0 atom stereocenters. The summed E-state index contributed by atoms with van der Waals surface area (Å²) >= 11 is 0. The molecule has 0 bridgehead atoms. The zero-order chi connectivity index (χ0) is 11.6. The van der Waals surface area contributed by atoms with Gasteiger partial charge in [0.1, 0.15) is 5.75 Å². The molecule has 0 unspecified atom stereocenters. The lowest BCUT2D eigenvalue weighted by Crippen LogP contribution is -1.97. The van der Waals surface area contributed by atoms with Crippen LogP contribution in [-0.4, -0.2) is 18.3 Å². The Kier molecular flexibility index (Phi) is 6.66. The third-order valence-corrected chi connectivity index (χ3v) is 2.59. The highest BCUT2D eigenvalue weighted by molar-refractivity contribution is 5.27. The zero-order valence-electron chi connectivity index (χ0n) is 10.1. The second-order valence-corrected chi connectivity index (χ2v) is 4.03. The standard InChI is InChI=1S/C14H22O2/c1-2-3-4-5-12-16-14-8-6-13(7-9-14)10-11-15/h6-9,15H,2-5,10-12H2,1H3. The lowest BCUT2D eigenvalue weighted by Gasteiger charge is -2.06. The Morgan fingerprint density at radius 3 is 2.44 bits per heavy atom. The van der Waals surface area contributed by atoms with Gasteiger partial charge in [-0.3, -0.25) is 0 Å². The van der Waals surface area contributed by atoms with Crippen LogP contribution in [0, 0.1) is 0 Å². The molecule has 16 heavy (non-hydrogen) atoms. The van der Waals surface area contributed by atoms with E-state index in [9.17, 15) is 0 Å². The second-order valence-electron chi connectivity index (χ2n) is 4.03. The Hall–Kier alpha value is -1.02. The van der Waals surface area contributed by atoms with E-state index in [1.54, 1.807) is 0 Å². The summed E-state index contributed by atoms with van der Waals surface area (Å²) in [5.41, 5.74) is 1.15. The normalized spacial score (nSPS) is 10.4. The van der Waals surface area contributed by atoms with Crippen LogP contribution in [0.1, 0.15) is 38.2 Å². The Balaban J connectivity index is 2.21. The molecular weight excluding hydrogens is 200 g/mol. The van der Waals surface area contributed by atoms with E-state index in [-0.39, 0.29) is 6.61 Å². The average Bonchev–Trinajstić information content (AvgIpc) is 2.31. The molecule has 0 aromatic heterocycles. The maximum Gasteiger partial charge on any atom is 0.119 e. The fraction of sp³-hybridized carbons (Fsp3) is 0.571. The Morgan fingerprint density at radius 2 is 1.81 bits per heavy atom. The fourth-order valence-corrected chi connectivity index (χ4v) is 1.60. The number of aliphatic hydroxyl groups is 1. The van der Waals surface area contributed by atoms with E-state index in [2.05, 4.69) is 6.92 Å². The molecule has 1 aromatic carbocycles. The van der Waals surface area contributed by atoms with Crippen molar-refractivity contribution in [2.45, 2.75) is 39.0 Å². The average molecular weight is 222 g/mol. The minimum Gasteiger partial charge on any atom is -0.494 e. The predicted molar refractivity (Wildman–Crippen MR) is 66.9 cm³/mol. The largest absolute Gasteiger partial charge is 0.494 e. The van der Waals surface area contributed by atoms with E-state index in [4.69, 9.17) is 9.84 Å². The van der Waals surface area contributed by atoms with Crippen molar-refractivity contribution < 1.29 is 9.84 Å². The molecule has 2 nitrogen and oxygen atoms in total. The quantitative estimate of drug-likeness (QED) is 0.684. The monoisotopic (exact) mass is 222 g/mol. The van der Waals surface area contributed by atoms with Gasteiger partial charge in [-0.1, -0.05) is 38.3 Å². The first kappa shape index (κ1) is 13.0. The van der Waals surface area contributed by atoms with Crippen molar-refractivity contribution in [3.05, 3.63) is 29.8 Å². The molecule has 1 aromatic rings. The fourth-order valence-electron chi connectivity index (χ4n) is 1.60. The van der Waals surface area contributed by atoms with Crippen LogP contribution in [-0.2, 0) is 6.42 Å². The summed E-state index contributed by atoms with van der Waals surface area (Å²) in [7, 11) is 0. The maximum absolute atomic E-state index is 8.78. The van der Waals surface area contributed by atoms with Gasteiger partial charge in [0.25, 0.3) is 0 Å². The number of benzene rings is 1. The van der Waals surface area contributed by atoms with E-state index >= 15 is 0 Å². The van der Waals surface area contributed by atoms with Crippen molar-refractivity contribution in [1.29, 1.82) is 0 Å². The van der Waals surface area contributed by atoms with Crippen molar-refractivity contribution in [1.82, 2.24) is 0 Å². The maximum atomic E-state index is 8.78. The highest BCUT2D eigenvalue weighted by Crippen LogP contribution is 2.13. The van der Waals surface area contributed by atoms with Crippen molar-refractivity contribution in [2.75, 3.05) is 13.2 Å². The van der Waals surface area contributed by atoms with Crippen molar-refractivity contribution in [2.24, 2.45) is 0 Å². The Labute approximate surface area is 98.3 Å². The van der Waals surface area contributed by atoms with E-state index in [1.807, 2.05) is 24.3 Å². The highest BCUT2D eigenvalue weighted by atomic mass is 16.5. The van der Waals surface area contributed by atoms with Crippen LogP contribution in [0.2, 0.25) is 0 Å². The molecule has 1 N–H and O–H groups in total. The molecule has 2 heteroatoms. The van der Waals surface area contributed by atoms with Crippen LogP contribution in [0.15, 0.2) is 24.3 Å². The minimum absolute atomic E-state index is 0.206. The first-order chi connectivity index (χ1) is 7.86. The summed E-state index contributed by atoms with van der Waals surface area (Å²) in [6.45, 7) is 3.22. The third-order valence-electron chi connectivity index (χ3n) is 2.59. The third kappa shape index (κ3) is 5.17. The molecule has 0 aliphatic rings. The van der Waals surface area contributed by atoms with Crippen molar-refractivity contribution in [3.8, 4) is 5.75 Å². The molecule has 0 radical (unpaired) electrons. The van der Waals surface area contributed by atoms with Crippen LogP contribution in [0.3, 0.4) is 0 Å². The van der Waals surface area contributed by atoms with Crippen LogP contribution >= 0.6 is 0 Å². The lowest BCUT2D eigenvalue weighted by molar-refractivity contribution is 0.298. The molecule has 1 rings (SSSR count). The SMILES string of the molecule is CCCCCCOc1ccc(CCO)cc1. The predicted octanol–water partition coefficient (Wildman–Crippen LogP) is 3.18. The first-order valence-electron chi connectivity index (χ1n) is 6.19. The van der Waals surface area contributed by atoms with Crippen LogP contribution < -0.4 is 4.74 Å². The molecule has 0 fully saturated rings. The van der Waals surface area contributed by atoms with E-state index < -0.39 is 0 Å². The topological polar surface area (TPSA) is 29.5 Å². The number of unbranched alkanes of at least 4 members (excludes halogenated alkanes) is 3. The molecular formula is C14H22O2. The van der Waals surface area contributed by atoms with E-state index in [0.717, 1.165) is 30.8 Å². The molecule has 0 aliphatic carbocycles. The molecule has 0 saturated carbocycles. The summed E-state index contributed by atoms with van der Waals surface area (Å²) in [6, 6.07) is 7.98. The van der Waals surface area contributed by atoms with Gasteiger partial charge < -0.3 is 9.84 Å². The number of aliphatic hydroxyl groups excluding tert-OH is 1. The van der Waals surface area contributed by atoms with Gasteiger partial charge in [0.15, 0.2) is 0 Å². The number of ether oxygens (including phenoxy) is 1.